The number of aromatic nitrogens is 1. The molecular weight excluding hydrogens is 269 g/mol. The minimum atomic E-state index is -0.227. The number of carbonyl (C=O) groups is 1. The molecule has 5 heteroatoms. The second kappa shape index (κ2) is 6.83. The Morgan fingerprint density at radius 3 is 2.81 bits per heavy atom. The Morgan fingerprint density at radius 1 is 1.29 bits per heavy atom. The van der Waals surface area contributed by atoms with Crippen LogP contribution in [0, 0.1) is 5.82 Å². The Kier molecular flexibility index (Phi) is 4.87. The van der Waals surface area contributed by atoms with E-state index in [-0.39, 0.29) is 11.7 Å². The van der Waals surface area contributed by atoms with E-state index in [9.17, 15) is 9.18 Å². The zero-order chi connectivity index (χ0) is 15.2. The van der Waals surface area contributed by atoms with Crippen LogP contribution in [0.2, 0.25) is 0 Å². The first-order chi connectivity index (χ1) is 10.1. The molecule has 1 heterocycles. The molecule has 0 aliphatic rings. The van der Waals surface area contributed by atoms with Crippen molar-refractivity contribution in [1.82, 2.24) is 9.88 Å². The van der Waals surface area contributed by atoms with E-state index in [0.717, 1.165) is 11.3 Å². The average molecular weight is 287 g/mol. The lowest BCUT2D eigenvalue weighted by atomic mass is 10.1. The molecule has 1 aromatic heterocycles. The number of hydrogen-bond donors (Lipinski definition) is 1. The minimum absolute atomic E-state index is 0.135. The summed E-state index contributed by atoms with van der Waals surface area (Å²) in [7, 11) is 3.38. The third-order valence-electron chi connectivity index (χ3n) is 3.02. The molecule has 0 aliphatic carbocycles. The van der Waals surface area contributed by atoms with Crippen LogP contribution in [0.3, 0.4) is 0 Å². The van der Waals surface area contributed by atoms with Crippen molar-refractivity contribution in [3.63, 3.8) is 0 Å². The molecule has 0 radical (unpaired) electrons. The molecule has 0 aliphatic heterocycles. The number of amides is 1. The molecule has 0 spiro atoms. The second-order valence-corrected chi connectivity index (χ2v) is 4.94. The van der Waals surface area contributed by atoms with E-state index in [0.29, 0.717) is 18.7 Å². The van der Waals surface area contributed by atoms with Crippen LogP contribution in [0.15, 0.2) is 42.6 Å². The summed E-state index contributed by atoms with van der Waals surface area (Å²) >= 11 is 0. The van der Waals surface area contributed by atoms with Crippen molar-refractivity contribution in [3.05, 3.63) is 59.7 Å². The van der Waals surface area contributed by atoms with Gasteiger partial charge in [0.2, 0.25) is 0 Å². The van der Waals surface area contributed by atoms with E-state index in [1.165, 1.54) is 17.0 Å². The van der Waals surface area contributed by atoms with Crippen LogP contribution < -0.4 is 5.32 Å². The number of benzene rings is 1. The fourth-order valence-electron chi connectivity index (χ4n) is 1.93. The summed E-state index contributed by atoms with van der Waals surface area (Å²) in [4.78, 5) is 17.4. The molecule has 0 atom stereocenters. The minimum Gasteiger partial charge on any atom is -0.385 e. The van der Waals surface area contributed by atoms with Crippen molar-refractivity contribution < 1.29 is 9.18 Å². The Hall–Kier alpha value is -2.43. The van der Waals surface area contributed by atoms with Crippen molar-refractivity contribution in [2.45, 2.75) is 6.42 Å². The van der Waals surface area contributed by atoms with Crippen molar-refractivity contribution in [2.75, 3.05) is 26.0 Å². The van der Waals surface area contributed by atoms with Crippen LogP contribution >= 0.6 is 0 Å². The summed E-state index contributed by atoms with van der Waals surface area (Å²) in [6.07, 6.45) is 2.30. The van der Waals surface area contributed by atoms with E-state index in [1.807, 2.05) is 6.07 Å². The van der Waals surface area contributed by atoms with Crippen LogP contribution in [0.4, 0.5) is 10.1 Å². The molecule has 0 saturated heterocycles. The first kappa shape index (κ1) is 15.0. The Labute approximate surface area is 123 Å². The molecule has 4 nitrogen and oxygen atoms in total. The van der Waals surface area contributed by atoms with E-state index in [2.05, 4.69) is 10.3 Å². The van der Waals surface area contributed by atoms with Crippen LogP contribution in [0.25, 0.3) is 0 Å². The number of anilines is 1. The van der Waals surface area contributed by atoms with Gasteiger partial charge in [0.15, 0.2) is 0 Å². The van der Waals surface area contributed by atoms with Gasteiger partial charge in [0.25, 0.3) is 5.91 Å². The van der Waals surface area contributed by atoms with Crippen molar-refractivity contribution in [1.29, 1.82) is 0 Å². The van der Waals surface area contributed by atoms with Gasteiger partial charge in [-0.25, -0.2) is 4.39 Å². The number of nitrogens with zero attached hydrogens (tertiary/aromatic N) is 2. The molecule has 21 heavy (non-hydrogen) atoms. The van der Waals surface area contributed by atoms with Gasteiger partial charge >= 0.3 is 0 Å². The third-order valence-corrected chi connectivity index (χ3v) is 3.02. The van der Waals surface area contributed by atoms with Gasteiger partial charge < -0.3 is 10.2 Å². The normalized spacial score (nSPS) is 10.2. The van der Waals surface area contributed by atoms with Gasteiger partial charge in [-0.15, -0.1) is 0 Å². The molecule has 0 bridgehead atoms. The van der Waals surface area contributed by atoms with Crippen LogP contribution in [0.1, 0.15) is 16.1 Å². The van der Waals surface area contributed by atoms with Crippen LogP contribution in [-0.2, 0) is 6.42 Å². The SMILES string of the molecule is CN(C)C(=O)c1cc(NCCc2cccc(F)c2)ccn1. The van der Waals surface area contributed by atoms with Crippen LogP contribution in [-0.4, -0.2) is 36.4 Å². The maximum atomic E-state index is 13.1. The smallest absolute Gasteiger partial charge is 0.272 e. The van der Waals surface area contributed by atoms with Crippen molar-refractivity contribution >= 4 is 11.6 Å². The number of pyridine rings is 1. The quantitative estimate of drug-likeness (QED) is 0.919. The predicted octanol–water partition coefficient (Wildman–Crippen LogP) is 2.58. The maximum absolute atomic E-state index is 13.1. The van der Waals surface area contributed by atoms with Crippen LogP contribution in [0.5, 0.6) is 0 Å². The van der Waals surface area contributed by atoms with Gasteiger partial charge in [0.05, 0.1) is 0 Å². The number of halogens is 1. The van der Waals surface area contributed by atoms with Crippen molar-refractivity contribution in [2.24, 2.45) is 0 Å². The molecule has 2 rings (SSSR count). The highest BCUT2D eigenvalue weighted by Gasteiger charge is 2.09. The summed E-state index contributed by atoms with van der Waals surface area (Å²) < 4.78 is 13.1. The largest absolute Gasteiger partial charge is 0.385 e. The summed E-state index contributed by atoms with van der Waals surface area (Å²) in [6, 6.07) is 10.1. The van der Waals surface area contributed by atoms with E-state index < -0.39 is 0 Å². The molecule has 0 fully saturated rings. The Morgan fingerprint density at radius 2 is 2.10 bits per heavy atom. The van der Waals surface area contributed by atoms with Gasteiger partial charge in [-0.2, -0.15) is 0 Å². The lowest BCUT2D eigenvalue weighted by Gasteiger charge is -2.11. The highest BCUT2D eigenvalue weighted by Crippen LogP contribution is 2.10. The zero-order valence-electron chi connectivity index (χ0n) is 12.1. The molecule has 1 N–H and O–H groups in total. The van der Waals surface area contributed by atoms with Gasteiger partial charge in [-0.1, -0.05) is 12.1 Å². The standard InChI is InChI=1S/C16H18FN3O/c1-20(2)16(21)15-11-14(7-9-19-15)18-8-6-12-4-3-5-13(17)10-12/h3-5,7,9-11H,6,8H2,1-2H3,(H,18,19). The molecule has 2 aromatic rings. The monoisotopic (exact) mass is 287 g/mol. The summed E-state index contributed by atoms with van der Waals surface area (Å²) in [5.74, 6) is -0.362. The van der Waals surface area contributed by atoms with Crippen molar-refractivity contribution in [3.8, 4) is 0 Å². The second-order valence-electron chi connectivity index (χ2n) is 4.94. The molecule has 1 aromatic carbocycles. The zero-order valence-corrected chi connectivity index (χ0v) is 12.1. The third kappa shape index (κ3) is 4.27. The van der Waals surface area contributed by atoms with E-state index in [1.54, 1.807) is 38.5 Å². The average Bonchev–Trinajstić information content (AvgIpc) is 2.47. The van der Waals surface area contributed by atoms with E-state index in [4.69, 9.17) is 0 Å². The highest BCUT2D eigenvalue weighted by molar-refractivity contribution is 5.92. The topological polar surface area (TPSA) is 45.2 Å². The van der Waals surface area contributed by atoms with Gasteiger partial charge in [-0.3, -0.25) is 9.78 Å². The van der Waals surface area contributed by atoms with Gasteiger partial charge in [0.1, 0.15) is 11.5 Å². The molecular formula is C16H18FN3O. The Bertz CT molecular complexity index is 628. The lowest BCUT2D eigenvalue weighted by Crippen LogP contribution is -2.22. The summed E-state index contributed by atoms with van der Waals surface area (Å²) in [5, 5.41) is 3.21. The van der Waals surface area contributed by atoms with E-state index >= 15 is 0 Å². The Balaban J connectivity index is 1.94. The summed E-state index contributed by atoms with van der Waals surface area (Å²) in [6.45, 7) is 0.656. The maximum Gasteiger partial charge on any atom is 0.272 e. The number of nitrogens with one attached hydrogen (secondary N) is 1. The fourth-order valence-corrected chi connectivity index (χ4v) is 1.93. The molecule has 0 unspecified atom stereocenters. The molecule has 0 saturated carbocycles. The predicted molar refractivity (Wildman–Crippen MR) is 80.8 cm³/mol. The fraction of sp³-hybridized carbons (Fsp3) is 0.250. The number of hydrogen-bond acceptors (Lipinski definition) is 3. The first-order valence-corrected chi connectivity index (χ1v) is 6.72. The highest BCUT2D eigenvalue weighted by atomic mass is 19.1. The summed E-state index contributed by atoms with van der Waals surface area (Å²) in [5.41, 5.74) is 2.16. The molecule has 1 amide bonds. The number of carbonyl (C=O) groups excluding carboxylic acids is 1. The lowest BCUT2D eigenvalue weighted by molar-refractivity contribution is 0.0822. The number of rotatable bonds is 5. The first-order valence-electron chi connectivity index (χ1n) is 6.72. The molecule has 110 valence electrons. The van der Waals surface area contributed by atoms with Gasteiger partial charge in [-0.05, 0) is 36.2 Å². The van der Waals surface area contributed by atoms with Gasteiger partial charge in [0, 0.05) is 32.5 Å².